The molecule has 2 amide bonds. The van der Waals surface area contributed by atoms with Gasteiger partial charge in [0, 0.05) is 54.4 Å². The Labute approximate surface area is 195 Å². The predicted molar refractivity (Wildman–Crippen MR) is 130 cm³/mol. The minimum absolute atomic E-state index is 0.252. The zero-order chi connectivity index (χ0) is 24.0. The van der Waals surface area contributed by atoms with Crippen molar-refractivity contribution in [2.45, 2.75) is 65.1 Å². The van der Waals surface area contributed by atoms with Crippen molar-refractivity contribution in [2.24, 2.45) is 0 Å². The quantitative estimate of drug-likeness (QED) is 0.532. The summed E-state index contributed by atoms with van der Waals surface area (Å²) >= 11 is 0. The minimum Gasteiger partial charge on any atom is -0.444 e. The van der Waals surface area contributed by atoms with E-state index < -0.39 is 17.7 Å². The van der Waals surface area contributed by atoms with Crippen molar-refractivity contribution in [1.29, 1.82) is 0 Å². The molecule has 0 bridgehead atoms. The highest BCUT2D eigenvalue weighted by Crippen LogP contribution is 2.25. The number of nitrogens with one attached hydrogen (secondary N) is 2. The van der Waals surface area contributed by atoms with Crippen molar-refractivity contribution < 1.29 is 14.3 Å². The predicted octanol–water partition coefficient (Wildman–Crippen LogP) is 4.41. The van der Waals surface area contributed by atoms with E-state index in [2.05, 4.69) is 46.3 Å². The summed E-state index contributed by atoms with van der Waals surface area (Å²) < 4.78 is 7.60. The molecule has 0 saturated heterocycles. The highest BCUT2D eigenvalue weighted by molar-refractivity contribution is 5.88. The van der Waals surface area contributed by atoms with Gasteiger partial charge in [-0.2, -0.15) is 0 Å². The number of para-hydroxylation sites is 1. The van der Waals surface area contributed by atoms with Crippen LogP contribution in [0.3, 0.4) is 0 Å². The SMILES string of the molecule is CC(C)n1cc(C[C@@H](NC(=O)OC(C)(C)C)C(=O)NCCc2ccccn2)c2ccccc21. The number of rotatable bonds is 8. The number of nitrogens with zero attached hydrogens (tertiary/aromatic N) is 2. The molecule has 0 fully saturated rings. The number of carbonyl (C=O) groups excluding carboxylic acids is 2. The molecule has 0 spiro atoms. The smallest absolute Gasteiger partial charge is 0.408 e. The zero-order valence-corrected chi connectivity index (χ0v) is 20.1. The Balaban J connectivity index is 1.79. The second-order valence-electron chi connectivity index (χ2n) is 9.44. The van der Waals surface area contributed by atoms with Crippen LogP contribution in [0, 0.1) is 0 Å². The van der Waals surface area contributed by atoms with E-state index in [9.17, 15) is 9.59 Å². The van der Waals surface area contributed by atoms with E-state index in [1.165, 1.54) is 0 Å². The van der Waals surface area contributed by atoms with Crippen molar-refractivity contribution in [3.63, 3.8) is 0 Å². The van der Waals surface area contributed by atoms with Crippen molar-refractivity contribution >= 4 is 22.9 Å². The molecule has 2 aromatic heterocycles. The van der Waals surface area contributed by atoms with Crippen LogP contribution in [-0.2, 0) is 22.4 Å². The first-order chi connectivity index (χ1) is 15.6. The van der Waals surface area contributed by atoms with Crippen molar-refractivity contribution in [1.82, 2.24) is 20.2 Å². The lowest BCUT2D eigenvalue weighted by atomic mass is 10.0. The Morgan fingerprint density at radius 1 is 1.09 bits per heavy atom. The first-order valence-corrected chi connectivity index (χ1v) is 11.4. The topological polar surface area (TPSA) is 85.2 Å². The van der Waals surface area contributed by atoms with Crippen molar-refractivity contribution in [3.8, 4) is 0 Å². The van der Waals surface area contributed by atoms with Gasteiger partial charge in [0.1, 0.15) is 11.6 Å². The summed E-state index contributed by atoms with van der Waals surface area (Å²) in [7, 11) is 0. The zero-order valence-electron chi connectivity index (χ0n) is 20.1. The molecule has 7 heteroatoms. The Bertz CT molecular complexity index is 1080. The Morgan fingerprint density at radius 2 is 1.82 bits per heavy atom. The number of alkyl carbamates (subject to hydrolysis) is 1. The van der Waals surface area contributed by atoms with Crippen LogP contribution in [0.4, 0.5) is 4.79 Å². The van der Waals surface area contributed by atoms with Gasteiger partial charge < -0.3 is 19.9 Å². The van der Waals surface area contributed by atoms with Gasteiger partial charge in [-0.25, -0.2) is 4.79 Å². The molecule has 0 radical (unpaired) electrons. The van der Waals surface area contributed by atoms with Gasteiger partial charge in [0.15, 0.2) is 0 Å². The average Bonchev–Trinajstić information content (AvgIpc) is 3.11. The number of carbonyl (C=O) groups is 2. The van der Waals surface area contributed by atoms with Gasteiger partial charge in [-0.15, -0.1) is 0 Å². The van der Waals surface area contributed by atoms with Gasteiger partial charge in [-0.3, -0.25) is 9.78 Å². The molecule has 1 aromatic carbocycles. The third kappa shape index (κ3) is 6.81. The molecule has 0 saturated carbocycles. The molecule has 3 aromatic rings. The van der Waals surface area contributed by atoms with Gasteiger partial charge in [0.2, 0.25) is 5.91 Å². The molecule has 176 valence electrons. The molecular weight excluding hydrogens is 416 g/mol. The van der Waals surface area contributed by atoms with E-state index in [1.807, 2.05) is 36.4 Å². The van der Waals surface area contributed by atoms with Crippen LogP contribution in [0.25, 0.3) is 10.9 Å². The normalized spacial score (nSPS) is 12.5. The molecule has 2 N–H and O–H groups in total. The van der Waals surface area contributed by atoms with Gasteiger partial charge in [-0.05, 0) is 58.4 Å². The minimum atomic E-state index is -0.769. The van der Waals surface area contributed by atoms with Crippen LogP contribution in [0.1, 0.15) is 51.9 Å². The van der Waals surface area contributed by atoms with E-state index in [1.54, 1.807) is 27.0 Å². The van der Waals surface area contributed by atoms with Gasteiger partial charge in [0.05, 0.1) is 0 Å². The van der Waals surface area contributed by atoms with Gasteiger partial charge >= 0.3 is 6.09 Å². The van der Waals surface area contributed by atoms with Crippen molar-refractivity contribution in [2.75, 3.05) is 6.54 Å². The molecule has 0 unspecified atom stereocenters. The number of fused-ring (bicyclic) bond motifs is 1. The van der Waals surface area contributed by atoms with Crippen LogP contribution >= 0.6 is 0 Å². The van der Waals surface area contributed by atoms with E-state index in [0.717, 1.165) is 22.2 Å². The number of hydrogen-bond acceptors (Lipinski definition) is 4. The first kappa shape index (κ1) is 24.3. The lowest BCUT2D eigenvalue weighted by Crippen LogP contribution is -2.49. The highest BCUT2D eigenvalue weighted by Gasteiger charge is 2.26. The summed E-state index contributed by atoms with van der Waals surface area (Å²) in [6.45, 7) is 10.1. The lowest BCUT2D eigenvalue weighted by molar-refractivity contribution is -0.123. The summed E-state index contributed by atoms with van der Waals surface area (Å²) in [6, 6.07) is 13.3. The maximum atomic E-state index is 13.1. The monoisotopic (exact) mass is 450 g/mol. The number of aromatic nitrogens is 2. The molecule has 0 aliphatic carbocycles. The maximum Gasteiger partial charge on any atom is 0.408 e. The summed E-state index contributed by atoms with van der Waals surface area (Å²) in [6.07, 6.45) is 4.15. The second-order valence-corrected chi connectivity index (χ2v) is 9.44. The molecule has 33 heavy (non-hydrogen) atoms. The molecule has 2 heterocycles. The van der Waals surface area contributed by atoms with E-state index in [-0.39, 0.29) is 11.9 Å². The van der Waals surface area contributed by atoms with E-state index >= 15 is 0 Å². The fourth-order valence-electron chi connectivity index (χ4n) is 3.73. The summed E-state index contributed by atoms with van der Waals surface area (Å²) in [5, 5.41) is 6.79. The first-order valence-electron chi connectivity index (χ1n) is 11.4. The summed E-state index contributed by atoms with van der Waals surface area (Å²) in [5.74, 6) is -0.252. The number of ether oxygens (including phenoxy) is 1. The number of benzene rings is 1. The lowest BCUT2D eigenvalue weighted by Gasteiger charge is -2.23. The van der Waals surface area contributed by atoms with Crippen LogP contribution < -0.4 is 10.6 Å². The molecular formula is C26H34N4O3. The van der Waals surface area contributed by atoms with E-state index in [0.29, 0.717) is 19.4 Å². The van der Waals surface area contributed by atoms with Crippen LogP contribution in [0.5, 0.6) is 0 Å². The van der Waals surface area contributed by atoms with Gasteiger partial charge in [0.25, 0.3) is 0 Å². The Kier molecular flexibility index (Phi) is 7.74. The fraction of sp³-hybridized carbons (Fsp3) is 0.423. The number of hydrogen-bond donors (Lipinski definition) is 2. The van der Waals surface area contributed by atoms with Crippen LogP contribution in [0.2, 0.25) is 0 Å². The third-order valence-electron chi connectivity index (χ3n) is 5.22. The number of pyridine rings is 1. The summed E-state index contributed by atoms with van der Waals surface area (Å²) in [5.41, 5.74) is 2.35. The fourth-order valence-corrected chi connectivity index (χ4v) is 3.73. The van der Waals surface area contributed by atoms with Gasteiger partial charge in [-0.1, -0.05) is 24.3 Å². The van der Waals surface area contributed by atoms with E-state index in [4.69, 9.17) is 4.74 Å². The molecule has 7 nitrogen and oxygen atoms in total. The molecule has 1 atom stereocenters. The number of amides is 2. The summed E-state index contributed by atoms with van der Waals surface area (Å²) in [4.78, 5) is 29.9. The third-order valence-corrected chi connectivity index (χ3v) is 5.22. The Morgan fingerprint density at radius 3 is 2.48 bits per heavy atom. The Hall–Kier alpha value is -3.35. The highest BCUT2D eigenvalue weighted by atomic mass is 16.6. The maximum absolute atomic E-state index is 13.1. The van der Waals surface area contributed by atoms with Crippen molar-refractivity contribution in [3.05, 3.63) is 66.1 Å². The van der Waals surface area contributed by atoms with Crippen LogP contribution in [-0.4, -0.2) is 39.7 Å². The standard InChI is InChI=1S/C26H34N4O3/c1-18(2)30-17-19(21-11-6-7-12-23(21)30)16-22(29-25(32)33-26(3,4)5)24(31)28-15-13-20-10-8-9-14-27-20/h6-12,14,17-18,22H,13,15-16H2,1-5H3,(H,28,31)(H,29,32)/t22-/m1/s1. The van der Waals surface area contributed by atoms with Crippen LogP contribution in [0.15, 0.2) is 54.9 Å². The largest absolute Gasteiger partial charge is 0.444 e. The molecule has 0 aliphatic heterocycles. The molecule has 3 rings (SSSR count). The second kappa shape index (κ2) is 10.5. The molecule has 0 aliphatic rings. The average molecular weight is 451 g/mol.